The number of piperazine rings is 1. The van der Waals surface area contributed by atoms with Gasteiger partial charge in [-0.2, -0.15) is 0 Å². The van der Waals surface area contributed by atoms with Gasteiger partial charge in [0.05, 0.1) is 0 Å². The van der Waals surface area contributed by atoms with Crippen molar-refractivity contribution in [2.24, 2.45) is 0 Å². The van der Waals surface area contributed by atoms with Crippen LogP contribution in [-0.2, 0) is 14.4 Å². The number of amides is 3. The van der Waals surface area contributed by atoms with Crippen molar-refractivity contribution < 1.29 is 14.4 Å². The molecule has 0 N–H and O–H groups in total. The first-order chi connectivity index (χ1) is 10.9. The van der Waals surface area contributed by atoms with Gasteiger partial charge in [-0.25, -0.2) is 0 Å². The highest BCUT2D eigenvalue weighted by Crippen LogP contribution is 2.19. The molecule has 3 amide bonds. The van der Waals surface area contributed by atoms with Crippen LogP contribution in [0.1, 0.15) is 13.8 Å². The first-order valence-corrected chi connectivity index (χ1v) is 8.24. The van der Waals surface area contributed by atoms with Crippen molar-refractivity contribution in [2.75, 3.05) is 37.6 Å². The van der Waals surface area contributed by atoms with Gasteiger partial charge in [0.15, 0.2) is 0 Å². The van der Waals surface area contributed by atoms with Crippen molar-refractivity contribution in [1.29, 1.82) is 0 Å². The molecule has 0 atom stereocenters. The third-order valence-corrected chi connectivity index (χ3v) is 4.42. The lowest BCUT2D eigenvalue weighted by Gasteiger charge is -2.35. The van der Waals surface area contributed by atoms with Crippen molar-refractivity contribution in [3.8, 4) is 0 Å². The quantitative estimate of drug-likeness (QED) is 0.796. The van der Waals surface area contributed by atoms with Gasteiger partial charge in [0.2, 0.25) is 17.7 Å². The monoisotopic (exact) mass is 381 g/mol. The van der Waals surface area contributed by atoms with E-state index >= 15 is 0 Å². The van der Waals surface area contributed by atoms with Gasteiger partial charge in [-0.05, 0) is 24.3 Å². The fourth-order valence-corrected chi connectivity index (χ4v) is 2.78. The number of hydrogen-bond donors (Lipinski definition) is 0. The summed E-state index contributed by atoms with van der Waals surface area (Å²) in [7, 11) is 0. The molecule has 0 saturated carbocycles. The Kier molecular flexibility index (Phi) is 5.76. The van der Waals surface area contributed by atoms with Gasteiger partial charge in [0.1, 0.15) is 6.54 Å². The van der Waals surface area contributed by atoms with Gasteiger partial charge in [-0.15, -0.1) is 0 Å². The maximum Gasteiger partial charge on any atom is 0.242 e. The van der Waals surface area contributed by atoms with E-state index in [1.54, 1.807) is 21.9 Å². The Morgan fingerprint density at radius 3 is 2.00 bits per heavy atom. The SMILES string of the molecule is CC(=O)N1CCN(C(=O)CN(C(C)=O)c2ccc(Br)cc2)CC1. The standard InChI is InChI=1S/C16H20BrN3O3/c1-12(21)18-7-9-19(10-8-18)16(23)11-20(13(2)22)15-5-3-14(17)4-6-15/h3-6H,7-11H2,1-2H3. The molecule has 124 valence electrons. The van der Waals surface area contributed by atoms with Crippen molar-refractivity contribution in [3.05, 3.63) is 28.7 Å². The van der Waals surface area contributed by atoms with Gasteiger partial charge < -0.3 is 14.7 Å². The highest BCUT2D eigenvalue weighted by molar-refractivity contribution is 9.10. The summed E-state index contributed by atoms with van der Waals surface area (Å²) in [5.41, 5.74) is 0.691. The zero-order chi connectivity index (χ0) is 17.0. The van der Waals surface area contributed by atoms with E-state index in [0.717, 1.165) is 4.47 Å². The molecule has 1 aliphatic rings. The van der Waals surface area contributed by atoms with Crippen LogP contribution in [0.4, 0.5) is 5.69 Å². The average molecular weight is 382 g/mol. The lowest BCUT2D eigenvalue weighted by Crippen LogP contribution is -2.52. The average Bonchev–Trinajstić information content (AvgIpc) is 2.53. The van der Waals surface area contributed by atoms with Crippen molar-refractivity contribution >= 4 is 39.3 Å². The molecule has 6 nitrogen and oxygen atoms in total. The second kappa shape index (κ2) is 7.59. The second-order valence-electron chi connectivity index (χ2n) is 5.47. The molecule has 0 spiro atoms. The number of carbonyl (C=O) groups excluding carboxylic acids is 3. The molecule has 0 bridgehead atoms. The number of anilines is 1. The van der Waals surface area contributed by atoms with Crippen molar-refractivity contribution in [1.82, 2.24) is 9.80 Å². The molecule has 0 aliphatic carbocycles. The third-order valence-electron chi connectivity index (χ3n) is 3.89. The van der Waals surface area contributed by atoms with Crippen LogP contribution < -0.4 is 4.90 Å². The molecule has 0 unspecified atom stereocenters. The van der Waals surface area contributed by atoms with E-state index in [-0.39, 0.29) is 24.3 Å². The van der Waals surface area contributed by atoms with E-state index in [9.17, 15) is 14.4 Å². The lowest BCUT2D eigenvalue weighted by atomic mass is 10.2. The fourth-order valence-electron chi connectivity index (χ4n) is 2.51. The predicted octanol–water partition coefficient (Wildman–Crippen LogP) is 1.49. The topological polar surface area (TPSA) is 60.9 Å². The van der Waals surface area contributed by atoms with E-state index < -0.39 is 0 Å². The zero-order valence-corrected chi connectivity index (χ0v) is 14.9. The Bertz CT molecular complexity index is 595. The molecular weight excluding hydrogens is 362 g/mol. The minimum absolute atomic E-state index is 0.0109. The number of carbonyl (C=O) groups is 3. The van der Waals surface area contributed by atoms with E-state index in [2.05, 4.69) is 15.9 Å². The minimum Gasteiger partial charge on any atom is -0.339 e. The molecule has 7 heteroatoms. The van der Waals surface area contributed by atoms with Gasteiger partial charge in [0, 0.05) is 50.2 Å². The summed E-state index contributed by atoms with van der Waals surface area (Å²) >= 11 is 3.35. The summed E-state index contributed by atoms with van der Waals surface area (Å²) in [5, 5.41) is 0. The Morgan fingerprint density at radius 1 is 1.00 bits per heavy atom. The highest BCUT2D eigenvalue weighted by Gasteiger charge is 2.25. The summed E-state index contributed by atoms with van der Waals surface area (Å²) in [6, 6.07) is 7.27. The summed E-state index contributed by atoms with van der Waals surface area (Å²) in [5.74, 6) is -0.258. The Morgan fingerprint density at radius 2 is 1.52 bits per heavy atom. The maximum atomic E-state index is 12.4. The fraction of sp³-hybridized carbons (Fsp3) is 0.438. The molecule has 0 radical (unpaired) electrons. The first-order valence-electron chi connectivity index (χ1n) is 7.45. The molecule has 1 heterocycles. The van der Waals surface area contributed by atoms with E-state index in [1.807, 2.05) is 12.1 Å². The largest absolute Gasteiger partial charge is 0.339 e. The van der Waals surface area contributed by atoms with Crippen LogP contribution >= 0.6 is 15.9 Å². The molecule has 0 aromatic heterocycles. The van der Waals surface area contributed by atoms with Crippen LogP contribution in [0.25, 0.3) is 0 Å². The zero-order valence-electron chi connectivity index (χ0n) is 13.3. The number of nitrogens with zero attached hydrogens (tertiary/aromatic N) is 3. The minimum atomic E-state index is -0.178. The summed E-state index contributed by atoms with van der Waals surface area (Å²) in [6.07, 6.45) is 0. The summed E-state index contributed by atoms with van der Waals surface area (Å²) < 4.78 is 0.913. The molecule has 2 rings (SSSR count). The Balaban J connectivity index is 2.00. The number of halogens is 1. The van der Waals surface area contributed by atoms with Crippen molar-refractivity contribution in [2.45, 2.75) is 13.8 Å². The number of hydrogen-bond acceptors (Lipinski definition) is 3. The number of rotatable bonds is 3. The predicted molar refractivity (Wildman–Crippen MR) is 91.0 cm³/mol. The highest BCUT2D eigenvalue weighted by atomic mass is 79.9. The van der Waals surface area contributed by atoms with Crippen LogP contribution in [-0.4, -0.2) is 60.2 Å². The van der Waals surface area contributed by atoms with Gasteiger partial charge >= 0.3 is 0 Å². The van der Waals surface area contributed by atoms with Gasteiger partial charge in [0.25, 0.3) is 0 Å². The smallest absolute Gasteiger partial charge is 0.242 e. The Hall–Kier alpha value is -1.89. The summed E-state index contributed by atoms with van der Waals surface area (Å²) in [4.78, 5) is 40.5. The van der Waals surface area contributed by atoms with Crippen LogP contribution in [0, 0.1) is 0 Å². The molecule has 1 aromatic carbocycles. The molecule has 1 aliphatic heterocycles. The van der Waals surface area contributed by atoms with E-state index in [0.29, 0.717) is 31.9 Å². The summed E-state index contributed by atoms with van der Waals surface area (Å²) in [6.45, 7) is 5.08. The molecular formula is C16H20BrN3O3. The molecule has 1 fully saturated rings. The molecule has 23 heavy (non-hydrogen) atoms. The second-order valence-corrected chi connectivity index (χ2v) is 6.38. The van der Waals surface area contributed by atoms with Gasteiger partial charge in [-0.1, -0.05) is 15.9 Å². The number of benzene rings is 1. The van der Waals surface area contributed by atoms with Crippen molar-refractivity contribution in [3.63, 3.8) is 0 Å². The van der Waals surface area contributed by atoms with E-state index in [1.165, 1.54) is 18.7 Å². The normalized spacial score (nSPS) is 14.6. The molecule has 1 aromatic rings. The van der Waals surface area contributed by atoms with Crippen LogP contribution in [0.15, 0.2) is 28.7 Å². The third kappa shape index (κ3) is 4.54. The first kappa shape index (κ1) is 17.5. The van der Waals surface area contributed by atoms with E-state index in [4.69, 9.17) is 0 Å². The lowest BCUT2D eigenvalue weighted by molar-refractivity contribution is -0.137. The van der Waals surface area contributed by atoms with Crippen LogP contribution in [0.5, 0.6) is 0 Å². The van der Waals surface area contributed by atoms with Crippen LogP contribution in [0.2, 0.25) is 0 Å². The maximum absolute atomic E-state index is 12.4. The van der Waals surface area contributed by atoms with Gasteiger partial charge in [-0.3, -0.25) is 14.4 Å². The Labute approximate surface area is 144 Å². The van der Waals surface area contributed by atoms with Crippen LogP contribution in [0.3, 0.4) is 0 Å². The molecule has 1 saturated heterocycles.